The van der Waals surface area contributed by atoms with Crippen molar-refractivity contribution in [3.63, 3.8) is 0 Å². The Labute approximate surface area is 98.1 Å². The van der Waals surface area contributed by atoms with Gasteiger partial charge in [0.15, 0.2) is 0 Å². The lowest BCUT2D eigenvalue weighted by Gasteiger charge is -2.11. The monoisotopic (exact) mass is 238 g/mol. The molecule has 1 aromatic carbocycles. The van der Waals surface area contributed by atoms with Crippen LogP contribution in [0.2, 0.25) is 0 Å². The van der Waals surface area contributed by atoms with E-state index in [0.29, 0.717) is 5.69 Å². The Hall–Kier alpha value is -2.08. The molecule has 0 saturated carbocycles. The first-order valence-electron chi connectivity index (χ1n) is 5.00. The molecule has 6 nitrogen and oxygen atoms in total. The fourth-order valence-corrected chi connectivity index (χ4v) is 1.25. The van der Waals surface area contributed by atoms with Crippen molar-refractivity contribution in [2.75, 3.05) is 12.3 Å². The second kappa shape index (κ2) is 5.86. The third-order valence-electron chi connectivity index (χ3n) is 2.16. The summed E-state index contributed by atoms with van der Waals surface area (Å²) in [4.78, 5) is 22.0. The highest BCUT2D eigenvalue weighted by molar-refractivity contribution is 5.84. The number of carbonyl (C=O) groups is 2. The van der Waals surface area contributed by atoms with Crippen LogP contribution in [0, 0.1) is 0 Å². The van der Waals surface area contributed by atoms with Crippen molar-refractivity contribution in [1.82, 2.24) is 5.32 Å². The molecule has 0 aliphatic rings. The molecule has 0 heterocycles. The van der Waals surface area contributed by atoms with Crippen LogP contribution in [0.15, 0.2) is 24.3 Å². The number of nitrogens with one attached hydrogen (secondary N) is 1. The molecule has 0 aromatic heterocycles. The fourth-order valence-electron chi connectivity index (χ4n) is 1.25. The molecule has 1 amide bonds. The molecule has 0 bridgehead atoms. The van der Waals surface area contributed by atoms with Gasteiger partial charge >= 0.3 is 5.97 Å². The van der Waals surface area contributed by atoms with Gasteiger partial charge in [-0.1, -0.05) is 12.1 Å². The van der Waals surface area contributed by atoms with Crippen molar-refractivity contribution >= 4 is 17.6 Å². The van der Waals surface area contributed by atoms with E-state index >= 15 is 0 Å². The van der Waals surface area contributed by atoms with Gasteiger partial charge in [0.1, 0.15) is 6.04 Å². The van der Waals surface area contributed by atoms with Crippen molar-refractivity contribution in [1.29, 1.82) is 0 Å². The number of amides is 1. The highest BCUT2D eigenvalue weighted by Crippen LogP contribution is 2.06. The first-order chi connectivity index (χ1) is 8.02. The van der Waals surface area contributed by atoms with Crippen LogP contribution in [-0.2, 0) is 16.0 Å². The van der Waals surface area contributed by atoms with Gasteiger partial charge in [0.2, 0.25) is 5.91 Å². The molecule has 6 heteroatoms. The molecule has 0 aliphatic carbocycles. The second-order valence-corrected chi connectivity index (χ2v) is 3.56. The highest BCUT2D eigenvalue weighted by atomic mass is 16.4. The van der Waals surface area contributed by atoms with E-state index in [9.17, 15) is 9.59 Å². The molecule has 1 aromatic rings. The molecular weight excluding hydrogens is 224 g/mol. The first-order valence-corrected chi connectivity index (χ1v) is 5.00. The van der Waals surface area contributed by atoms with Crippen LogP contribution in [0.1, 0.15) is 5.56 Å². The number of aliphatic carboxylic acids is 1. The van der Waals surface area contributed by atoms with E-state index in [0.717, 1.165) is 5.56 Å². The van der Waals surface area contributed by atoms with Crippen LogP contribution >= 0.6 is 0 Å². The SMILES string of the molecule is Nc1ccc(CC(=O)NC(CO)C(=O)O)cc1. The average Bonchev–Trinajstić information content (AvgIpc) is 2.28. The number of carbonyl (C=O) groups excluding carboxylic acids is 1. The summed E-state index contributed by atoms with van der Waals surface area (Å²) in [6.07, 6.45) is 0.0457. The predicted molar refractivity (Wildman–Crippen MR) is 61.2 cm³/mol. The molecule has 5 N–H and O–H groups in total. The van der Waals surface area contributed by atoms with E-state index in [1.807, 2.05) is 0 Å². The van der Waals surface area contributed by atoms with Crippen LogP contribution in [-0.4, -0.2) is 34.7 Å². The maximum absolute atomic E-state index is 11.5. The van der Waals surface area contributed by atoms with Gasteiger partial charge in [0.05, 0.1) is 13.0 Å². The summed E-state index contributed by atoms with van der Waals surface area (Å²) in [5, 5.41) is 19.6. The van der Waals surface area contributed by atoms with Crippen LogP contribution < -0.4 is 11.1 Å². The lowest BCUT2D eigenvalue weighted by Crippen LogP contribution is -2.43. The number of aliphatic hydroxyl groups is 1. The molecule has 0 spiro atoms. The number of carboxylic acids is 1. The third-order valence-corrected chi connectivity index (χ3v) is 2.16. The number of hydrogen-bond donors (Lipinski definition) is 4. The largest absolute Gasteiger partial charge is 0.480 e. The van der Waals surface area contributed by atoms with Crippen molar-refractivity contribution in [2.45, 2.75) is 12.5 Å². The van der Waals surface area contributed by atoms with Crippen molar-refractivity contribution in [2.24, 2.45) is 0 Å². The number of rotatable bonds is 5. The Morgan fingerprint density at radius 2 is 1.88 bits per heavy atom. The van der Waals surface area contributed by atoms with Gasteiger partial charge in [0, 0.05) is 5.69 Å². The van der Waals surface area contributed by atoms with Crippen molar-refractivity contribution in [3.05, 3.63) is 29.8 Å². The topological polar surface area (TPSA) is 113 Å². The fraction of sp³-hybridized carbons (Fsp3) is 0.273. The lowest BCUT2D eigenvalue weighted by molar-refractivity contribution is -0.142. The maximum Gasteiger partial charge on any atom is 0.328 e. The number of aliphatic hydroxyl groups excluding tert-OH is 1. The minimum Gasteiger partial charge on any atom is -0.480 e. The molecule has 0 saturated heterocycles. The molecule has 17 heavy (non-hydrogen) atoms. The number of nitrogens with two attached hydrogens (primary N) is 1. The Balaban J connectivity index is 2.54. The first kappa shape index (κ1) is 13.0. The summed E-state index contributed by atoms with van der Waals surface area (Å²) in [5.41, 5.74) is 6.80. The van der Waals surface area contributed by atoms with E-state index in [2.05, 4.69) is 5.32 Å². The van der Waals surface area contributed by atoms with E-state index < -0.39 is 24.5 Å². The molecule has 0 radical (unpaired) electrons. The smallest absolute Gasteiger partial charge is 0.328 e. The summed E-state index contributed by atoms with van der Waals surface area (Å²) in [7, 11) is 0. The zero-order valence-electron chi connectivity index (χ0n) is 9.09. The van der Waals surface area contributed by atoms with Gasteiger partial charge in [-0.3, -0.25) is 4.79 Å². The molecule has 1 unspecified atom stereocenters. The zero-order valence-corrected chi connectivity index (χ0v) is 9.09. The van der Waals surface area contributed by atoms with Crippen LogP contribution in [0.4, 0.5) is 5.69 Å². The minimum atomic E-state index is -1.27. The lowest BCUT2D eigenvalue weighted by atomic mass is 10.1. The van der Waals surface area contributed by atoms with Crippen molar-refractivity contribution < 1.29 is 19.8 Å². The summed E-state index contributed by atoms with van der Waals surface area (Å²) >= 11 is 0. The molecule has 92 valence electrons. The van der Waals surface area contributed by atoms with Crippen molar-refractivity contribution in [3.8, 4) is 0 Å². The average molecular weight is 238 g/mol. The predicted octanol–water partition coefficient (Wildman–Crippen LogP) is -0.627. The zero-order chi connectivity index (χ0) is 12.8. The van der Waals surface area contributed by atoms with E-state index in [1.165, 1.54) is 0 Å². The van der Waals surface area contributed by atoms with Crippen LogP contribution in [0.3, 0.4) is 0 Å². The number of hydrogen-bond acceptors (Lipinski definition) is 4. The number of benzene rings is 1. The van der Waals surface area contributed by atoms with Gasteiger partial charge < -0.3 is 21.3 Å². The van der Waals surface area contributed by atoms with E-state index in [4.69, 9.17) is 15.9 Å². The summed E-state index contributed by atoms with van der Waals surface area (Å²) in [6.45, 7) is -0.636. The number of anilines is 1. The Bertz CT molecular complexity index is 402. The summed E-state index contributed by atoms with van der Waals surface area (Å²) in [5.74, 6) is -1.73. The Morgan fingerprint density at radius 3 is 2.35 bits per heavy atom. The van der Waals surface area contributed by atoms with Gasteiger partial charge in [-0.15, -0.1) is 0 Å². The van der Waals surface area contributed by atoms with Gasteiger partial charge in [-0.25, -0.2) is 4.79 Å². The van der Waals surface area contributed by atoms with Crippen LogP contribution in [0.5, 0.6) is 0 Å². The minimum absolute atomic E-state index is 0.0457. The molecule has 1 rings (SSSR count). The van der Waals surface area contributed by atoms with Gasteiger partial charge in [-0.05, 0) is 17.7 Å². The molecular formula is C11H14N2O4. The Kier molecular flexibility index (Phi) is 4.47. The Morgan fingerprint density at radius 1 is 1.29 bits per heavy atom. The standard InChI is InChI=1S/C11H14N2O4/c12-8-3-1-7(2-4-8)5-10(15)13-9(6-14)11(16)17/h1-4,9,14H,5-6,12H2,(H,13,15)(H,16,17). The highest BCUT2D eigenvalue weighted by Gasteiger charge is 2.18. The normalized spacial score (nSPS) is 11.8. The van der Waals surface area contributed by atoms with Crippen LogP contribution in [0.25, 0.3) is 0 Å². The van der Waals surface area contributed by atoms with E-state index in [1.54, 1.807) is 24.3 Å². The second-order valence-electron chi connectivity index (χ2n) is 3.56. The summed E-state index contributed by atoms with van der Waals surface area (Å²) < 4.78 is 0. The third kappa shape index (κ3) is 4.12. The van der Waals surface area contributed by atoms with Gasteiger partial charge in [0.25, 0.3) is 0 Å². The molecule has 0 aliphatic heterocycles. The maximum atomic E-state index is 11.5. The molecule has 0 fully saturated rings. The number of carboxylic acid groups (broad SMARTS) is 1. The summed E-state index contributed by atoms with van der Waals surface area (Å²) in [6, 6.07) is 5.41. The molecule has 1 atom stereocenters. The number of nitrogen functional groups attached to an aromatic ring is 1. The van der Waals surface area contributed by atoms with E-state index in [-0.39, 0.29) is 6.42 Å². The van der Waals surface area contributed by atoms with Gasteiger partial charge in [-0.2, -0.15) is 0 Å². The quantitative estimate of drug-likeness (QED) is 0.510.